The van der Waals surface area contributed by atoms with Gasteiger partial charge in [-0.25, -0.2) is 4.98 Å². The molecule has 23 heavy (non-hydrogen) atoms. The fourth-order valence-electron chi connectivity index (χ4n) is 2.40. The summed E-state index contributed by atoms with van der Waals surface area (Å²) in [6.45, 7) is 5.97. The number of carbonyl (C=O) groups is 1. The van der Waals surface area contributed by atoms with E-state index in [1.807, 2.05) is 32.0 Å². The van der Waals surface area contributed by atoms with Gasteiger partial charge in [-0.05, 0) is 31.5 Å². The average molecular weight is 313 g/mol. The third-order valence-electron chi connectivity index (χ3n) is 3.65. The zero-order valence-corrected chi connectivity index (χ0v) is 13.3. The Morgan fingerprint density at radius 2 is 1.96 bits per heavy atom. The van der Waals surface area contributed by atoms with E-state index in [-0.39, 0.29) is 5.91 Å². The summed E-state index contributed by atoms with van der Waals surface area (Å²) in [4.78, 5) is 22.6. The molecule has 0 saturated heterocycles. The van der Waals surface area contributed by atoms with E-state index in [9.17, 15) is 4.79 Å². The van der Waals surface area contributed by atoms with Gasteiger partial charge >= 0.3 is 0 Å². The minimum atomic E-state index is -0.130. The lowest BCUT2D eigenvalue weighted by Gasteiger charge is -2.23. The number of benzene rings is 1. The highest BCUT2D eigenvalue weighted by molar-refractivity contribution is 5.91. The van der Waals surface area contributed by atoms with Crippen LogP contribution in [0.25, 0.3) is 0 Å². The number of rotatable bonds is 4. The summed E-state index contributed by atoms with van der Waals surface area (Å²) in [5, 5.41) is 0. The molecule has 0 unspecified atom stereocenters. The summed E-state index contributed by atoms with van der Waals surface area (Å²) >= 11 is 0. The second-order valence-corrected chi connectivity index (χ2v) is 5.34. The predicted molar refractivity (Wildman–Crippen MR) is 84.6 cm³/mol. The molecule has 1 aromatic carbocycles. The highest BCUT2D eigenvalue weighted by Crippen LogP contribution is 2.31. The van der Waals surface area contributed by atoms with Crippen molar-refractivity contribution in [1.29, 1.82) is 0 Å². The van der Waals surface area contributed by atoms with E-state index < -0.39 is 0 Å². The Morgan fingerprint density at radius 1 is 1.17 bits per heavy atom. The Bertz CT molecular complexity index is 701. The molecule has 0 spiro atoms. The summed E-state index contributed by atoms with van der Waals surface area (Å²) in [5.74, 6) is 1.35. The van der Waals surface area contributed by atoms with Crippen molar-refractivity contribution in [3.63, 3.8) is 0 Å². The van der Waals surface area contributed by atoms with Crippen LogP contribution in [-0.2, 0) is 6.54 Å². The van der Waals surface area contributed by atoms with Crippen LogP contribution in [0.1, 0.15) is 28.7 Å². The molecule has 0 N–H and O–H groups in total. The molecule has 6 heteroatoms. The summed E-state index contributed by atoms with van der Waals surface area (Å²) in [7, 11) is 0. The van der Waals surface area contributed by atoms with Crippen molar-refractivity contribution < 1.29 is 14.3 Å². The van der Waals surface area contributed by atoms with Crippen molar-refractivity contribution in [2.45, 2.75) is 20.4 Å². The lowest BCUT2D eigenvalue weighted by Crippen LogP contribution is -2.31. The number of ether oxygens (including phenoxy) is 2. The molecule has 0 radical (unpaired) electrons. The first-order valence-corrected chi connectivity index (χ1v) is 7.64. The number of hydrogen-bond acceptors (Lipinski definition) is 5. The van der Waals surface area contributed by atoms with Gasteiger partial charge in [-0.15, -0.1) is 0 Å². The molecule has 0 bridgehead atoms. The molecule has 0 atom stereocenters. The standard InChI is InChI=1S/C17H19N3O3/c1-3-20(17(21)14-10-18-12(2)9-19-14)11-13-4-5-15-16(8-13)23-7-6-22-15/h4-5,8-10H,3,6-7,11H2,1-2H3. The molecule has 3 rings (SSSR count). The molecular formula is C17H19N3O3. The summed E-state index contributed by atoms with van der Waals surface area (Å²) in [6.07, 6.45) is 3.12. The lowest BCUT2D eigenvalue weighted by atomic mass is 10.1. The van der Waals surface area contributed by atoms with E-state index in [4.69, 9.17) is 9.47 Å². The van der Waals surface area contributed by atoms with Crippen LogP contribution in [0.15, 0.2) is 30.6 Å². The maximum Gasteiger partial charge on any atom is 0.274 e. The molecule has 1 amide bonds. The molecule has 120 valence electrons. The lowest BCUT2D eigenvalue weighted by molar-refractivity contribution is 0.0745. The molecular weight excluding hydrogens is 294 g/mol. The van der Waals surface area contributed by atoms with Crippen LogP contribution in [0.5, 0.6) is 11.5 Å². The Balaban J connectivity index is 1.76. The van der Waals surface area contributed by atoms with Gasteiger partial charge in [0.15, 0.2) is 11.5 Å². The number of aryl methyl sites for hydroxylation is 1. The number of hydrogen-bond donors (Lipinski definition) is 0. The van der Waals surface area contributed by atoms with Gasteiger partial charge in [-0.3, -0.25) is 9.78 Å². The van der Waals surface area contributed by atoms with Crippen molar-refractivity contribution in [2.24, 2.45) is 0 Å². The topological polar surface area (TPSA) is 64.6 Å². The van der Waals surface area contributed by atoms with Crippen molar-refractivity contribution >= 4 is 5.91 Å². The van der Waals surface area contributed by atoms with Crippen LogP contribution in [-0.4, -0.2) is 40.5 Å². The maximum absolute atomic E-state index is 12.5. The third-order valence-corrected chi connectivity index (χ3v) is 3.65. The normalized spacial score (nSPS) is 12.8. The quantitative estimate of drug-likeness (QED) is 0.866. The van der Waals surface area contributed by atoms with Crippen LogP contribution in [0.2, 0.25) is 0 Å². The van der Waals surface area contributed by atoms with E-state index in [1.165, 1.54) is 6.20 Å². The molecule has 0 saturated carbocycles. The molecule has 1 aliphatic rings. The molecule has 2 heterocycles. The Labute approximate surface area is 135 Å². The van der Waals surface area contributed by atoms with Gasteiger partial charge in [-0.2, -0.15) is 0 Å². The van der Waals surface area contributed by atoms with Gasteiger partial charge in [0.2, 0.25) is 0 Å². The molecule has 0 aliphatic carbocycles. The highest BCUT2D eigenvalue weighted by Gasteiger charge is 2.18. The molecule has 0 fully saturated rings. The zero-order valence-electron chi connectivity index (χ0n) is 13.3. The van der Waals surface area contributed by atoms with Crippen molar-refractivity contribution in [2.75, 3.05) is 19.8 Å². The smallest absolute Gasteiger partial charge is 0.274 e. The second-order valence-electron chi connectivity index (χ2n) is 5.34. The minimum absolute atomic E-state index is 0.130. The van der Waals surface area contributed by atoms with E-state index >= 15 is 0 Å². The van der Waals surface area contributed by atoms with Crippen molar-refractivity contribution in [1.82, 2.24) is 14.9 Å². The summed E-state index contributed by atoms with van der Waals surface area (Å²) < 4.78 is 11.1. The average Bonchev–Trinajstić information content (AvgIpc) is 2.59. The Morgan fingerprint density at radius 3 is 2.65 bits per heavy atom. The molecule has 1 aromatic heterocycles. The van der Waals surface area contributed by atoms with Crippen LogP contribution in [0, 0.1) is 6.92 Å². The van der Waals surface area contributed by atoms with E-state index in [0.29, 0.717) is 32.0 Å². The Hall–Kier alpha value is -2.63. The largest absolute Gasteiger partial charge is 0.486 e. The maximum atomic E-state index is 12.5. The monoisotopic (exact) mass is 313 g/mol. The van der Waals surface area contributed by atoms with E-state index in [0.717, 1.165) is 22.8 Å². The number of amides is 1. The summed E-state index contributed by atoms with van der Waals surface area (Å²) in [5.41, 5.74) is 2.14. The predicted octanol–water partition coefficient (Wildman–Crippen LogP) is 2.22. The fourth-order valence-corrected chi connectivity index (χ4v) is 2.40. The number of carbonyl (C=O) groups excluding carboxylic acids is 1. The van der Waals surface area contributed by atoms with Gasteiger partial charge in [0.25, 0.3) is 5.91 Å². The van der Waals surface area contributed by atoms with Gasteiger partial charge in [0.05, 0.1) is 11.9 Å². The number of nitrogens with zero attached hydrogens (tertiary/aromatic N) is 3. The summed E-state index contributed by atoms with van der Waals surface area (Å²) in [6, 6.07) is 5.75. The minimum Gasteiger partial charge on any atom is -0.486 e. The Kier molecular flexibility index (Phi) is 4.41. The van der Waals surface area contributed by atoms with Crippen molar-refractivity contribution in [3.05, 3.63) is 47.5 Å². The fraction of sp³-hybridized carbons (Fsp3) is 0.353. The van der Waals surface area contributed by atoms with Gasteiger partial charge in [-0.1, -0.05) is 6.07 Å². The third kappa shape index (κ3) is 3.41. The number of aromatic nitrogens is 2. The SMILES string of the molecule is CCN(Cc1ccc2c(c1)OCCO2)C(=O)c1cnc(C)cn1. The van der Waals surface area contributed by atoms with Gasteiger partial charge in [0, 0.05) is 19.3 Å². The van der Waals surface area contributed by atoms with Crippen LogP contribution < -0.4 is 9.47 Å². The highest BCUT2D eigenvalue weighted by atomic mass is 16.6. The molecule has 2 aromatic rings. The van der Waals surface area contributed by atoms with Crippen molar-refractivity contribution in [3.8, 4) is 11.5 Å². The zero-order chi connectivity index (χ0) is 16.2. The van der Waals surface area contributed by atoms with Crippen LogP contribution in [0.4, 0.5) is 0 Å². The second kappa shape index (κ2) is 6.64. The van der Waals surface area contributed by atoms with Crippen LogP contribution >= 0.6 is 0 Å². The molecule has 1 aliphatic heterocycles. The van der Waals surface area contributed by atoms with Gasteiger partial charge in [0.1, 0.15) is 18.9 Å². The first-order valence-electron chi connectivity index (χ1n) is 7.64. The number of fused-ring (bicyclic) bond motifs is 1. The first-order chi connectivity index (χ1) is 11.2. The first kappa shape index (κ1) is 15.3. The van der Waals surface area contributed by atoms with E-state index in [1.54, 1.807) is 11.1 Å². The van der Waals surface area contributed by atoms with Gasteiger partial charge < -0.3 is 14.4 Å². The van der Waals surface area contributed by atoms with E-state index in [2.05, 4.69) is 9.97 Å². The molecule has 6 nitrogen and oxygen atoms in total. The van der Waals surface area contributed by atoms with Crippen LogP contribution in [0.3, 0.4) is 0 Å².